The number of aromatic nitrogens is 1. The lowest BCUT2D eigenvalue weighted by Crippen LogP contribution is -2.50. The maximum absolute atomic E-state index is 9.24. The number of aryl methyl sites for hydroxylation is 1. The fourth-order valence-corrected chi connectivity index (χ4v) is 3.44. The number of piperazine rings is 1. The molecule has 20 heavy (non-hydrogen) atoms. The fourth-order valence-electron chi connectivity index (χ4n) is 3.44. The smallest absolute Gasteiger partial charge is 0.146 e. The standard InChI is InChI=1S/C16H22N4/c1-13-6-7-14(12-17)16(18-13)20-10-8-19(9-11-20)15-4-2-3-5-15/h6-7,15H,2-5,8-11H2,1H3. The molecule has 1 saturated carbocycles. The summed E-state index contributed by atoms with van der Waals surface area (Å²) >= 11 is 0. The molecule has 1 saturated heterocycles. The molecule has 0 amide bonds. The van der Waals surface area contributed by atoms with Gasteiger partial charge in [0.15, 0.2) is 0 Å². The van der Waals surface area contributed by atoms with Crippen LogP contribution in [0.4, 0.5) is 5.82 Å². The summed E-state index contributed by atoms with van der Waals surface area (Å²) in [5.74, 6) is 0.874. The Kier molecular flexibility index (Phi) is 3.88. The van der Waals surface area contributed by atoms with E-state index in [0.717, 1.165) is 43.7 Å². The van der Waals surface area contributed by atoms with Crippen molar-refractivity contribution >= 4 is 5.82 Å². The average Bonchev–Trinajstić information content (AvgIpc) is 3.02. The molecule has 2 fully saturated rings. The van der Waals surface area contributed by atoms with Crippen LogP contribution in [0.1, 0.15) is 36.9 Å². The summed E-state index contributed by atoms with van der Waals surface area (Å²) in [6.07, 6.45) is 5.52. The van der Waals surface area contributed by atoms with Gasteiger partial charge in [-0.2, -0.15) is 5.26 Å². The number of hydrogen-bond acceptors (Lipinski definition) is 4. The highest BCUT2D eigenvalue weighted by atomic mass is 15.3. The first kappa shape index (κ1) is 13.4. The molecule has 3 rings (SSSR count). The summed E-state index contributed by atoms with van der Waals surface area (Å²) in [6.45, 7) is 6.17. The van der Waals surface area contributed by atoms with E-state index in [1.807, 2.05) is 19.1 Å². The van der Waals surface area contributed by atoms with Crippen molar-refractivity contribution in [3.8, 4) is 6.07 Å². The summed E-state index contributed by atoms with van der Waals surface area (Å²) in [5, 5.41) is 9.24. The van der Waals surface area contributed by atoms with Crippen LogP contribution in [0.3, 0.4) is 0 Å². The Hall–Kier alpha value is -1.60. The molecule has 0 spiro atoms. The molecule has 4 nitrogen and oxygen atoms in total. The minimum atomic E-state index is 0.699. The molecule has 0 bridgehead atoms. The molecule has 1 aromatic heterocycles. The first-order valence-corrected chi connectivity index (χ1v) is 7.64. The number of hydrogen-bond donors (Lipinski definition) is 0. The van der Waals surface area contributed by atoms with Gasteiger partial charge in [0, 0.05) is 37.9 Å². The highest BCUT2D eigenvalue weighted by Gasteiger charge is 2.27. The molecule has 0 radical (unpaired) electrons. The fraction of sp³-hybridized carbons (Fsp3) is 0.625. The minimum absolute atomic E-state index is 0.699. The van der Waals surface area contributed by atoms with Gasteiger partial charge < -0.3 is 4.90 Å². The van der Waals surface area contributed by atoms with Crippen LogP contribution in [0.25, 0.3) is 0 Å². The van der Waals surface area contributed by atoms with Crippen molar-refractivity contribution in [3.63, 3.8) is 0 Å². The molecular formula is C16H22N4. The number of rotatable bonds is 2. The van der Waals surface area contributed by atoms with Crippen molar-refractivity contribution < 1.29 is 0 Å². The van der Waals surface area contributed by atoms with E-state index in [0.29, 0.717) is 5.56 Å². The van der Waals surface area contributed by atoms with Crippen LogP contribution in [-0.4, -0.2) is 42.1 Å². The Morgan fingerprint density at radius 3 is 2.50 bits per heavy atom. The van der Waals surface area contributed by atoms with Gasteiger partial charge in [0.25, 0.3) is 0 Å². The van der Waals surface area contributed by atoms with E-state index in [4.69, 9.17) is 0 Å². The van der Waals surface area contributed by atoms with E-state index in [1.165, 1.54) is 25.7 Å². The molecule has 1 aliphatic heterocycles. The number of nitriles is 1. The summed E-state index contributed by atoms with van der Waals surface area (Å²) in [7, 11) is 0. The number of anilines is 1. The third-order valence-electron chi connectivity index (χ3n) is 4.59. The van der Waals surface area contributed by atoms with Crippen molar-refractivity contribution in [2.45, 2.75) is 38.6 Å². The molecule has 4 heteroatoms. The molecule has 1 aliphatic carbocycles. The van der Waals surface area contributed by atoms with E-state index in [1.54, 1.807) is 0 Å². The quantitative estimate of drug-likeness (QED) is 0.827. The van der Waals surface area contributed by atoms with Crippen molar-refractivity contribution in [1.82, 2.24) is 9.88 Å². The van der Waals surface area contributed by atoms with Crippen LogP contribution in [0.2, 0.25) is 0 Å². The first-order valence-electron chi connectivity index (χ1n) is 7.64. The Balaban J connectivity index is 1.69. The van der Waals surface area contributed by atoms with Crippen molar-refractivity contribution in [2.24, 2.45) is 0 Å². The first-order chi connectivity index (χ1) is 9.78. The lowest BCUT2D eigenvalue weighted by Gasteiger charge is -2.38. The highest BCUT2D eigenvalue weighted by Crippen LogP contribution is 2.26. The van der Waals surface area contributed by atoms with Crippen LogP contribution in [-0.2, 0) is 0 Å². The Morgan fingerprint density at radius 2 is 1.85 bits per heavy atom. The molecule has 106 valence electrons. The molecular weight excluding hydrogens is 248 g/mol. The normalized spacial score (nSPS) is 21.1. The topological polar surface area (TPSA) is 43.2 Å². The number of pyridine rings is 1. The zero-order valence-corrected chi connectivity index (χ0v) is 12.2. The Bertz CT molecular complexity index is 506. The van der Waals surface area contributed by atoms with Gasteiger partial charge in [-0.15, -0.1) is 0 Å². The van der Waals surface area contributed by atoms with Crippen LogP contribution >= 0.6 is 0 Å². The molecule has 1 aromatic rings. The second-order valence-electron chi connectivity index (χ2n) is 5.90. The highest BCUT2D eigenvalue weighted by molar-refractivity contribution is 5.54. The molecule has 0 aromatic carbocycles. The zero-order valence-electron chi connectivity index (χ0n) is 12.2. The van der Waals surface area contributed by atoms with E-state index < -0.39 is 0 Å². The minimum Gasteiger partial charge on any atom is -0.353 e. The molecule has 0 unspecified atom stereocenters. The third kappa shape index (κ3) is 2.64. The number of nitrogens with zero attached hydrogens (tertiary/aromatic N) is 4. The molecule has 2 aliphatic rings. The largest absolute Gasteiger partial charge is 0.353 e. The second kappa shape index (κ2) is 5.80. The van der Waals surface area contributed by atoms with Crippen LogP contribution in [0, 0.1) is 18.3 Å². The van der Waals surface area contributed by atoms with Crippen molar-refractivity contribution in [1.29, 1.82) is 5.26 Å². The van der Waals surface area contributed by atoms with Gasteiger partial charge in [0.05, 0.1) is 5.56 Å². The molecule has 0 atom stereocenters. The zero-order chi connectivity index (χ0) is 13.9. The van der Waals surface area contributed by atoms with Gasteiger partial charge in [0.2, 0.25) is 0 Å². The van der Waals surface area contributed by atoms with Crippen molar-refractivity contribution in [2.75, 3.05) is 31.1 Å². The van der Waals surface area contributed by atoms with Gasteiger partial charge in [-0.25, -0.2) is 4.98 Å². The third-order valence-corrected chi connectivity index (χ3v) is 4.59. The predicted molar refractivity (Wildman–Crippen MR) is 79.7 cm³/mol. The lowest BCUT2D eigenvalue weighted by atomic mass is 10.1. The summed E-state index contributed by atoms with van der Waals surface area (Å²) in [6, 6.07) is 6.88. The predicted octanol–water partition coefficient (Wildman–Crippen LogP) is 2.33. The van der Waals surface area contributed by atoms with Crippen LogP contribution < -0.4 is 4.90 Å². The Morgan fingerprint density at radius 1 is 1.15 bits per heavy atom. The SMILES string of the molecule is Cc1ccc(C#N)c(N2CCN(C3CCCC3)CC2)n1. The average molecular weight is 270 g/mol. The maximum atomic E-state index is 9.24. The maximum Gasteiger partial charge on any atom is 0.146 e. The van der Waals surface area contributed by atoms with Gasteiger partial charge in [0.1, 0.15) is 11.9 Å². The van der Waals surface area contributed by atoms with Gasteiger partial charge in [-0.05, 0) is 31.9 Å². The lowest BCUT2D eigenvalue weighted by molar-refractivity contribution is 0.187. The summed E-state index contributed by atoms with van der Waals surface area (Å²) in [4.78, 5) is 9.48. The van der Waals surface area contributed by atoms with E-state index in [-0.39, 0.29) is 0 Å². The Labute approximate surface area is 121 Å². The molecule has 2 heterocycles. The van der Waals surface area contributed by atoms with E-state index >= 15 is 0 Å². The van der Waals surface area contributed by atoms with Gasteiger partial charge in [-0.3, -0.25) is 4.90 Å². The second-order valence-corrected chi connectivity index (χ2v) is 5.90. The van der Waals surface area contributed by atoms with E-state index in [9.17, 15) is 5.26 Å². The van der Waals surface area contributed by atoms with Gasteiger partial charge in [-0.1, -0.05) is 12.8 Å². The van der Waals surface area contributed by atoms with Crippen molar-refractivity contribution in [3.05, 3.63) is 23.4 Å². The van der Waals surface area contributed by atoms with Gasteiger partial charge >= 0.3 is 0 Å². The molecule has 0 N–H and O–H groups in total. The van der Waals surface area contributed by atoms with E-state index in [2.05, 4.69) is 20.9 Å². The van der Waals surface area contributed by atoms with Crippen LogP contribution in [0.15, 0.2) is 12.1 Å². The van der Waals surface area contributed by atoms with Crippen LogP contribution in [0.5, 0.6) is 0 Å². The summed E-state index contributed by atoms with van der Waals surface area (Å²) in [5.41, 5.74) is 1.68. The monoisotopic (exact) mass is 270 g/mol. The summed E-state index contributed by atoms with van der Waals surface area (Å²) < 4.78 is 0.